The number of nitrogens with zero attached hydrogens (tertiary/aromatic N) is 2. The zero-order valence-electron chi connectivity index (χ0n) is 19.5. The second kappa shape index (κ2) is 11.2. The first-order valence-corrected chi connectivity index (χ1v) is 11.1. The SMILES string of the molecule is CCN(CC)Cc1ccc(/C(C)=C(/C)c2ccc(CN(CC)CC)c(O)c2)cc1O. The van der Waals surface area contributed by atoms with Crippen molar-refractivity contribution in [3.8, 4) is 11.5 Å². The summed E-state index contributed by atoms with van der Waals surface area (Å²) in [6.07, 6.45) is 0. The lowest BCUT2D eigenvalue weighted by molar-refractivity contribution is 0.291. The summed E-state index contributed by atoms with van der Waals surface area (Å²) in [5.41, 5.74) is 6.09. The Bertz CT molecular complexity index is 794. The van der Waals surface area contributed by atoms with Crippen LogP contribution in [-0.4, -0.2) is 46.2 Å². The third kappa shape index (κ3) is 5.87. The molecule has 0 unspecified atom stereocenters. The smallest absolute Gasteiger partial charge is 0.120 e. The fourth-order valence-corrected chi connectivity index (χ4v) is 3.67. The van der Waals surface area contributed by atoms with Gasteiger partial charge in [0.1, 0.15) is 11.5 Å². The van der Waals surface area contributed by atoms with E-state index in [4.69, 9.17) is 0 Å². The van der Waals surface area contributed by atoms with Gasteiger partial charge in [-0.1, -0.05) is 52.0 Å². The van der Waals surface area contributed by atoms with Crippen molar-refractivity contribution >= 4 is 11.1 Å². The average Bonchev–Trinajstić information content (AvgIpc) is 2.76. The first-order valence-electron chi connectivity index (χ1n) is 11.1. The highest BCUT2D eigenvalue weighted by Gasteiger charge is 2.12. The maximum absolute atomic E-state index is 10.5. The van der Waals surface area contributed by atoms with E-state index in [0.717, 1.165) is 72.7 Å². The van der Waals surface area contributed by atoms with Crippen molar-refractivity contribution in [2.75, 3.05) is 26.2 Å². The van der Waals surface area contributed by atoms with Crippen LogP contribution in [0.1, 0.15) is 63.8 Å². The second-order valence-corrected chi connectivity index (χ2v) is 7.86. The number of phenolic OH excluding ortho intramolecular Hbond substituents is 2. The van der Waals surface area contributed by atoms with Crippen molar-refractivity contribution in [1.29, 1.82) is 0 Å². The highest BCUT2D eigenvalue weighted by molar-refractivity contribution is 5.89. The van der Waals surface area contributed by atoms with Gasteiger partial charge >= 0.3 is 0 Å². The minimum absolute atomic E-state index is 0.337. The first kappa shape index (κ1) is 24.0. The molecule has 0 aliphatic carbocycles. The maximum atomic E-state index is 10.5. The Hall–Kier alpha value is -2.30. The normalized spacial score (nSPS) is 12.5. The molecule has 0 fully saturated rings. The third-order valence-electron chi connectivity index (χ3n) is 6.18. The van der Waals surface area contributed by atoms with Gasteiger partial charge in [0.25, 0.3) is 0 Å². The van der Waals surface area contributed by atoms with Crippen LogP contribution in [-0.2, 0) is 13.1 Å². The second-order valence-electron chi connectivity index (χ2n) is 7.86. The number of allylic oxidation sites excluding steroid dienone is 2. The molecule has 2 aromatic carbocycles. The highest BCUT2D eigenvalue weighted by Crippen LogP contribution is 2.32. The summed E-state index contributed by atoms with van der Waals surface area (Å²) in [7, 11) is 0. The summed E-state index contributed by atoms with van der Waals surface area (Å²) >= 11 is 0. The monoisotopic (exact) mass is 410 g/mol. The van der Waals surface area contributed by atoms with Crippen molar-refractivity contribution in [3.63, 3.8) is 0 Å². The molecule has 0 heterocycles. The van der Waals surface area contributed by atoms with Crippen molar-refractivity contribution in [1.82, 2.24) is 9.80 Å². The lowest BCUT2D eigenvalue weighted by atomic mass is 9.95. The van der Waals surface area contributed by atoms with E-state index in [1.807, 2.05) is 24.3 Å². The predicted molar refractivity (Wildman–Crippen MR) is 128 cm³/mol. The van der Waals surface area contributed by atoms with E-state index in [-0.39, 0.29) is 0 Å². The van der Waals surface area contributed by atoms with Crippen molar-refractivity contribution < 1.29 is 10.2 Å². The number of benzene rings is 2. The fraction of sp³-hybridized carbons (Fsp3) is 0.462. The molecule has 0 saturated heterocycles. The first-order chi connectivity index (χ1) is 14.3. The highest BCUT2D eigenvalue weighted by atomic mass is 16.3. The Morgan fingerprint density at radius 2 is 0.967 bits per heavy atom. The molecule has 2 rings (SSSR count). The number of rotatable bonds is 10. The molecule has 4 nitrogen and oxygen atoms in total. The van der Waals surface area contributed by atoms with E-state index in [9.17, 15) is 10.2 Å². The van der Waals surface area contributed by atoms with Crippen molar-refractivity contribution in [2.45, 2.75) is 54.6 Å². The molecule has 0 saturated carbocycles. The number of hydrogen-bond donors (Lipinski definition) is 2. The van der Waals surface area contributed by atoms with Crippen LogP contribution in [0.25, 0.3) is 11.1 Å². The minimum Gasteiger partial charge on any atom is -0.508 e. The summed E-state index contributed by atoms with van der Waals surface area (Å²) < 4.78 is 0. The molecule has 0 aromatic heterocycles. The lowest BCUT2D eigenvalue weighted by Gasteiger charge is -2.20. The van der Waals surface area contributed by atoms with Gasteiger partial charge in [0.2, 0.25) is 0 Å². The molecular formula is C26H38N2O2. The molecule has 0 aliphatic heterocycles. The van der Waals surface area contributed by atoms with Crippen LogP contribution in [0, 0.1) is 0 Å². The van der Waals surface area contributed by atoms with Crippen LogP contribution in [0.15, 0.2) is 36.4 Å². The molecule has 0 spiro atoms. The van der Waals surface area contributed by atoms with E-state index in [2.05, 4.69) is 63.5 Å². The van der Waals surface area contributed by atoms with Gasteiger partial charge < -0.3 is 10.2 Å². The van der Waals surface area contributed by atoms with Gasteiger partial charge in [0.15, 0.2) is 0 Å². The molecule has 4 heteroatoms. The molecule has 164 valence electrons. The molecular weight excluding hydrogens is 372 g/mol. The Balaban J connectivity index is 2.27. The Morgan fingerprint density at radius 1 is 0.633 bits per heavy atom. The quantitative estimate of drug-likeness (QED) is 0.491. The van der Waals surface area contributed by atoms with E-state index in [0.29, 0.717) is 11.5 Å². The van der Waals surface area contributed by atoms with Gasteiger partial charge in [0, 0.05) is 24.2 Å². The summed E-state index contributed by atoms with van der Waals surface area (Å²) in [5, 5.41) is 21.1. The van der Waals surface area contributed by atoms with Gasteiger partial charge in [-0.3, -0.25) is 9.80 Å². The van der Waals surface area contributed by atoms with E-state index in [1.165, 1.54) is 0 Å². The molecule has 2 N–H and O–H groups in total. The maximum Gasteiger partial charge on any atom is 0.120 e. The Labute approximate surface area is 182 Å². The Morgan fingerprint density at radius 3 is 1.23 bits per heavy atom. The third-order valence-corrected chi connectivity index (χ3v) is 6.18. The topological polar surface area (TPSA) is 46.9 Å². The summed E-state index contributed by atoms with van der Waals surface area (Å²) in [4.78, 5) is 4.57. The van der Waals surface area contributed by atoms with Crippen LogP contribution in [0.5, 0.6) is 11.5 Å². The van der Waals surface area contributed by atoms with Crippen LogP contribution >= 0.6 is 0 Å². The number of aromatic hydroxyl groups is 2. The van der Waals surface area contributed by atoms with Crippen LogP contribution < -0.4 is 0 Å². The molecule has 0 amide bonds. The van der Waals surface area contributed by atoms with Crippen molar-refractivity contribution in [3.05, 3.63) is 58.7 Å². The van der Waals surface area contributed by atoms with Gasteiger partial charge in [-0.2, -0.15) is 0 Å². The average molecular weight is 411 g/mol. The van der Waals surface area contributed by atoms with Crippen LogP contribution in [0.4, 0.5) is 0 Å². The van der Waals surface area contributed by atoms with Gasteiger partial charge in [-0.05, 0) is 74.4 Å². The molecule has 0 radical (unpaired) electrons. The predicted octanol–water partition coefficient (Wildman–Crippen LogP) is 5.73. The van der Waals surface area contributed by atoms with E-state index < -0.39 is 0 Å². The van der Waals surface area contributed by atoms with Gasteiger partial charge in [-0.15, -0.1) is 0 Å². The fourth-order valence-electron chi connectivity index (χ4n) is 3.67. The minimum atomic E-state index is 0.337. The molecule has 0 bridgehead atoms. The molecule has 0 aliphatic rings. The van der Waals surface area contributed by atoms with Crippen LogP contribution in [0.2, 0.25) is 0 Å². The summed E-state index contributed by atoms with van der Waals surface area (Å²) in [6.45, 7) is 18.0. The molecule has 2 aromatic rings. The molecule has 30 heavy (non-hydrogen) atoms. The summed E-state index contributed by atoms with van der Waals surface area (Å²) in [6, 6.07) is 11.9. The molecule has 0 atom stereocenters. The standard InChI is InChI=1S/C26H38N2O2/c1-7-27(8-2)17-23-13-11-21(15-25(23)29)19(5)20(6)22-12-14-24(26(30)16-22)18-28(9-3)10-4/h11-16,29-30H,7-10,17-18H2,1-6H3/b20-19-. The van der Waals surface area contributed by atoms with Crippen molar-refractivity contribution in [2.24, 2.45) is 0 Å². The van der Waals surface area contributed by atoms with Gasteiger partial charge in [-0.25, -0.2) is 0 Å². The zero-order chi connectivity index (χ0) is 22.3. The number of phenols is 2. The Kier molecular flexibility index (Phi) is 8.94. The summed E-state index contributed by atoms with van der Waals surface area (Å²) in [5.74, 6) is 0.674. The largest absolute Gasteiger partial charge is 0.508 e. The van der Waals surface area contributed by atoms with E-state index in [1.54, 1.807) is 0 Å². The van der Waals surface area contributed by atoms with Crippen LogP contribution in [0.3, 0.4) is 0 Å². The van der Waals surface area contributed by atoms with E-state index >= 15 is 0 Å². The lowest BCUT2D eigenvalue weighted by Crippen LogP contribution is -2.22. The number of hydrogen-bond acceptors (Lipinski definition) is 4. The van der Waals surface area contributed by atoms with Gasteiger partial charge in [0.05, 0.1) is 0 Å². The zero-order valence-corrected chi connectivity index (χ0v) is 19.5.